The Labute approximate surface area is 151 Å². The molecule has 6 rings (SSSR count). The van der Waals surface area contributed by atoms with Crippen molar-refractivity contribution in [3.8, 4) is 0 Å². The fourth-order valence-corrected chi connectivity index (χ4v) is 7.13. The molecule has 2 nitrogen and oxygen atoms in total. The van der Waals surface area contributed by atoms with Crippen molar-refractivity contribution in [1.82, 2.24) is 0 Å². The molecule has 3 fully saturated rings. The lowest BCUT2D eigenvalue weighted by Gasteiger charge is -2.39. The maximum Gasteiger partial charge on any atom is 0.0819 e. The van der Waals surface area contributed by atoms with Gasteiger partial charge in [-0.25, -0.2) is 0 Å². The van der Waals surface area contributed by atoms with Crippen molar-refractivity contribution in [3.05, 3.63) is 39.8 Å². The topological polar surface area (TPSA) is 29.4 Å². The van der Waals surface area contributed by atoms with E-state index in [9.17, 15) is 4.91 Å². The number of nitroso groups, excluding NO2 is 1. The molecule has 5 aliphatic rings. The van der Waals surface area contributed by atoms with Crippen LogP contribution in [-0.2, 0) is 5.41 Å². The van der Waals surface area contributed by atoms with Gasteiger partial charge >= 0.3 is 0 Å². The molecule has 0 aliphatic heterocycles. The van der Waals surface area contributed by atoms with Crippen LogP contribution in [0.5, 0.6) is 0 Å². The van der Waals surface area contributed by atoms with E-state index in [1.54, 1.807) is 16.7 Å². The molecular weight excluding hydrogens is 306 g/mol. The van der Waals surface area contributed by atoms with Gasteiger partial charge in [-0.2, -0.15) is 4.91 Å². The monoisotopic (exact) mass is 337 g/mol. The Morgan fingerprint density at radius 1 is 0.920 bits per heavy atom. The standard InChI is InChI=1S/C23H31NO/c25-24-13-12-23-14-19(15-23)22-20(8-3-9-21(22)23)18-7-2-5-16-4-1-6-17(16)10-11-18/h3,8-9,16-19H,1-2,4-7,10-15H2/t16?,17-,18?,19?,23?/m0/s1. The van der Waals surface area contributed by atoms with Crippen molar-refractivity contribution in [1.29, 1.82) is 0 Å². The Hall–Kier alpha value is -1.18. The zero-order valence-corrected chi connectivity index (χ0v) is 15.4. The number of fused-ring (bicyclic) bond motifs is 1. The van der Waals surface area contributed by atoms with Crippen LogP contribution in [0.4, 0.5) is 0 Å². The van der Waals surface area contributed by atoms with Gasteiger partial charge in [0.2, 0.25) is 0 Å². The lowest BCUT2D eigenvalue weighted by atomic mass is 9.65. The lowest BCUT2D eigenvalue weighted by molar-refractivity contribution is 0.231. The summed E-state index contributed by atoms with van der Waals surface area (Å²) < 4.78 is 0. The molecule has 0 heterocycles. The summed E-state index contributed by atoms with van der Waals surface area (Å²) in [5, 5.41) is 3.16. The zero-order chi connectivity index (χ0) is 16.9. The third-order valence-electron chi connectivity index (χ3n) is 8.35. The molecule has 2 heteroatoms. The van der Waals surface area contributed by atoms with Gasteiger partial charge in [-0.1, -0.05) is 55.5 Å². The van der Waals surface area contributed by atoms with Gasteiger partial charge in [0.1, 0.15) is 0 Å². The summed E-state index contributed by atoms with van der Waals surface area (Å²) in [7, 11) is 0. The molecule has 0 spiro atoms. The van der Waals surface area contributed by atoms with Gasteiger partial charge in [0.25, 0.3) is 0 Å². The smallest absolute Gasteiger partial charge is 0.0819 e. The number of nitrogens with zero attached hydrogens (tertiary/aromatic N) is 1. The van der Waals surface area contributed by atoms with Gasteiger partial charge in [-0.3, -0.25) is 0 Å². The van der Waals surface area contributed by atoms with Crippen molar-refractivity contribution in [2.24, 2.45) is 17.0 Å². The highest BCUT2D eigenvalue weighted by molar-refractivity contribution is 5.54. The molecule has 0 N–H and O–H groups in total. The summed E-state index contributed by atoms with van der Waals surface area (Å²) in [6.45, 7) is 0.489. The Morgan fingerprint density at radius 3 is 2.48 bits per heavy atom. The molecule has 2 unspecified atom stereocenters. The van der Waals surface area contributed by atoms with Crippen LogP contribution in [0, 0.1) is 16.7 Å². The summed E-state index contributed by atoms with van der Waals surface area (Å²) >= 11 is 0. The first-order valence-electron chi connectivity index (χ1n) is 10.7. The molecule has 3 saturated carbocycles. The van der Waals surface area contributed by atoms with Gasteiger partial charge in [-0.05, 0) is 84.3 Å². The fraction of sp³-hybridized carbons (Fsp3) is 0.739. The summed E-state index contributed by atoms with van der Waals surface area (Å²) in [6, 6.07) is 7.12. The van der Waals surface area contributed by atoms with E-state index in [4.69, 9.17) is 0 Å². The lowest BCUT2D eigenvalue weighted by Crippen LogP contribution is -2.32. The second-order valence-electron chi connectivity index (χ2n) is 9.45. The molecular formula is C23H31NO. The minimum absolute atomic E-state index is 0.308. The van der Waals surface area contributed by atoms with E-state index in [1.807, 2.05) is 0 Å². The molecule has 2 bridgehead atoms. The minimum atomic E-state index is 0.308. The first-order chi connectivity index (χ1) is 12.3. The van der Waals surface area contributed by atoms with E-state index in [0.29, 0.717) is 12.0 Å². The molecule has 1 aromatic rings. The van der Waals surface area contributed by atoms with Crippen molar-refractivity contribution in [2.45, 2.75) is 87.9 Å². The molecule has 1 aromatic carbocycles. The number of hydrogen-bond donors (Lipinski definition) is 0. The second-order valence-corrected chi connectivity index (χ2v) is 9.45. The van der Waals surface area contributed by atoms with Crippen LogP contribution in [0.15, 0.2) is 23.4 Å². The molecule has 0 aromatic heterocycles. The van der Waals surface area contributed by atoms with Crippen molar-refractivity contribution < 1.29 is 0 Å². The summed E-state index contributed by atoms with van der Waals surface area (Å²) in [6.07, 6.45) is 15.2. The molecule has 0 radical (unpaired) electrons. The number of benzene rings is 1. The number of rotatable bonds is 4. The number of hydrogen-bond acceptors (Lipinski definition) is 2. The van der Waals surface area contributed by atoms with E-state index in [1.165, 1.54) is 64.2 Å². The molecule has 0 amide bonds. The van der Waals surface area contributed by atoms with E-state index in [-0.39, 0.29) is 0 Å². The van der Waals surface area contributed by atoms with Gasteiger partial charge < -0.3 is 0 Å². The van der Waals surface area contributed by atoms with Crippen LogP contribution in [0.1, 0.15) is 99.2 Å². The van der Waals surface area contributed by atoms with Gasteiger partial charge in [0.05, 0.1) is 6.54 Å². The molecule has 134 valence electrons. The molecule has 25 heavy (non-hydrogen) atoms. The van der Waals surface area contributed by atoms with Crippen LogP contribution in [0.3, 0.4) is 0 Å². The van der Waals surface area contributed by atoms with Crippen molar-refractivity contribution in [2.75, 3.05) is 6.54 Å². The third-order valence-corrected chi connectivity index (χ3v) is 8.35. The van der Waals surface area contributed by atoms with E-state index < -0.39 is 0 Å². The van der Waals surface area contributed by atoms with Gasteiger partial charge in [0, 0.05) is 0 Å². The van der Waals surface area contributed by atoms with Crippen LogP contribution >= 0.6 is 0 Å². The van der Waals surface area contributed by atoms with Crippen LogP contribution < -0.4 is 0 Å². The summed E-state index contributed by atoms with van der Waals surface area (Å²) in [5.41, 5.74) is 5.31. The SMILES string of the molecule is O=NCCC12CC(C1)c1c(C3CCCC4CCC[C@H]4CC3)cccc12. The van der Waals surface area contributed by atoms with Crippen LogP contribution in [0.2, 0.25) is 0 Å². The predicted octanol–water partition coefficient (Wildman–Crippen LogP) is 6.44. The minimum Gasteiger partial charge on any atom is -0.151 e. The largest absolute Gasteiger partial charge is 0.151 e. The average molecular weight is 338 g/mol. The van der Waals surface area contributed by atoms with E-state index >= 15 is 0 Å². The third kappa shape index (κ3) is 2.51. The van der Waals surface area contributed by atoms with Crippen LogP contribution in [-0.4, -0.2) is 6.54 Å². The fourth-order valence-electron chi connectivity index (χ4n) is 7.13. The highest BCUT2D eigenvalue weighted by atomic mass is 16.3. The van der Waals surface area contributed by atoms with Gasteiger partial charge in [-0.15, -0.1) is 0 Å². The van der Waals surface area contributed by atoms with Crippen molar-refractivity contribution in [3.63, 3.8) is 0 Å². The van der Waals surface area contributed by atoms with Crippen molar-refractivity contribution >= 4 is 0 Å². The van der Waals surface area contributed by atoms with Crippen LogP contribution in [0.25, 0.3) is 0 Å². The second kappa shape index (κ2) is 6.21. The first kappa shape index (κ1) is 16.0. The molecule has 5 aliphatic carbocycles. The van der Waals surface area contributed by atoms with E-state index in [2.05, 4.69) is 23.4 Å². The maximum absolute atomic E-state index is 10.7. The Kier molecular flexibility index (Phi) is 3.98. The van der Waals surface area contributed by atoms with E-state index in [0.717, 1.165) is 30.1 Å². The normalized spacial score (nSPS) is 39.0. The highest BCUT2D eigenvalue weighted by Crippen LogP contribution is 2.65. The summed E-state index contributed by atoms with van der Waals surface area (Å²) in [5.74, 6) is 3.65. The predicted molar refractivity (Wildman–Crippen MR) is 102 cm³/mol. The quantitative estimate of drug-likeness (QED) is 0.582. The Morgan fingerprint density at radius 2 is 1.68 bits per heavy atom. The van der Waals surface area contributed by atoms with Gasteiger partial charge in [0.15, 0.2) is 0 Å². The maximum atomic E-state index is 10.7. The highest BCUT2D eigenvalue weighted by Gasteiger charge is 2.54. The molecule has 0 saturated heterocycles. The first-order valence-corrected chi connectivity index (χ1v) is 10.7. The average Bonchev–Trinajstić information content (AvgIpc) is 3.23. The molecule has 3 atom stereocenters. The Bertz CT molecular complexity index is 660. The summed E-state index contributed by atoms with van der Waals surface area (Å²) in [4.78, 5) is 10.7. The zero-order valence-electron chi connectivity index (χ0n) is 15.4. The Balaban J connectivity index is 1.40.